The predicted molar refractivity (Wildman–Crippen MR) is 115 cm³/mol. The zero-order valence-corrected chi connectivity index (χ0v) is 17.7. The quantitative estimate of drug-likeness (QED) is 0.656. The summed E-state index contributed by atoms with van der Waals surface area (Å²) in [5.74, 6) is 0.110. The fraction of sp³-hybridized carbons (Fsp3) is 0.333. The monoisotopic (exact) mass is 423 g/mol. The molecule has 2 heterocycles. The van der Waals surface area contributed by atoms with Gasteiger partial charge in [0.1, 0.15) is 11.6 Å². The number of imidazole rings is 1. The Kier molecular flexibility index (Phi) is 6.04. The maximum Gasteiger partial charge on any atom is 0.264 e. The number of halogens is 1. The predicted octanol–water partition coefficient (Wildman–Crippen LogP) is 3.73. The molecule has 1 N–H and O–H groups in total. The number of amides is 1. The third-order valence-corrected chi connectivity index (χ3v) is 5.66. The van der Waals surface area contributed by atoms with Crippen LogP contribution in [0.1, 0.15) is 35.7 Å². The molecule has 0 radical (unpaired) electrons. The molecule has 0 bridgehead atoms. The lowest BCUT2D eigenvalue weighted by Gasteiger charge is -2.37. The topological polar surface area (TPSA) is 67.6 Å². The summed E-state index contributed by atoms with van der Waals surface area (Å²) < 4.78 is 21.3. The molecule has 0 saturated carbocycles. The molecule has 162 valence electrons. The van der Waals surface area contributed by atoms with Gasteiger partial charge in [-0.15, -0.1) is 0 Å². The zero-order chi connectivity index (χ0) is 22.0. The number of aromatic nitrogens is 2. The number of carbonyl (C=O) groups is 1. The average Bonchev–Trinajstić information content (AvgIpc) is 3.18. The zero-order valence-electron chi connectivity index (χ0n) is 17.7. The van der Waals surface area contributed by atoms with E-state index in [4.69, 9.17) is 4.74 Å². The van der Waals surface area contributed by atoms with E-state index < -0.39 is 12.1 Å². The molecule has 0 aliphatic carbocycles. The Labute approximate surface area is 180 Å². The van der Waals surface area contributed by atoms with Crippen molar-refractivity contribution in [1.29, 1.82) is 0 Å². The van der Waals surface area contributed by atoms with Crippen LogP contribution in [0.15, 0.2) is 55.0 Å². The van der Waals surface area contributed by atoms with Gasteiger partial charge in [0, 0.05) is 18.4 Å². The number of hydrogen-bond acceptors (Lipinski definition) is 4. The molecule has 2 unspecified atom stereocenters. The molecule has 1 aliphatic rings. The van der Waals surface area contributed by atoms with Crippen LogP contribution in [-0.4, -0.2) is 44.7 Å². The third kappa shape index (κ3) is 4.46. The number of hydrogen-bond donors (Lipinski definition) is 1. The fourth-order valence-electron chi connectivity index (χ4n) is 4.06. The Balaban J connectivity index is 1.50. The van der Waals surface area contributed by atoms with Crippen molar-refractivity contribution < 1.29 is 19.0 Å². The van der Waals surface area contributed by atoms with Gasteiger partial charge in [-0.25, -0.2) is 9.37 Å². The smallest absolute Gasteiger partial charge is 0.264 e. The molecule has 31 heavy (non-hydrogen) atoms. The Morgan fingerprint density at radius 2 is 2.00 bits per heavy atom. The molecule has 3 aromatic rings. The number of aliphatic hydroxyl groups is 1. The first kappa shape index (κ1) is 21.1. The van der Waals surface area contributed by atoms with Crippen molar-refractivity contribution in [2.75, 3.05) is 13.2 Å². The molecule has 2 atom stereocenters. The Morgan fingerprint density at radius 1 is 1.23 bits per heavy atom. The molecule has 7 heteroatoms. The molecule has 0 spiro atoms. The van der Waals surface area contributed by atoms with Crippen molar-refractivity contribution in [3.05, 3.63) is 77.6 Å². The highest BCUT2D eigenvalue weighted by atomic mass is 19.1. The van der Waals surface area contributed by atoms with E-state index in [1.807, 2.05) is 42.8 Å². The molecule has 6 nitrogen and oxygen atoms in total. The fourth-order valence-corrected chi connectivity index (χ4v) is 4.06. The molecule has 1 aromatic heterocycles. The number of piperidine rings is 1. The van der Waals surface area contributed by atoms with Crippen LogP contribution in [0.2, 0.25) is 0 Å². The second-order valence-electron chi connectivity index (χ2n) is 7.90. The minimum atomic E-state index is -0.621. The van der Waals surface area contributed by atoms with E-state index in [0.29, 0.717) is 24.3 Å². The highest BCUT2D eigenvalue weighted by Gasteiger charge is 2.35. The van der Waals surface area contributed by atoms with Crippen LogP contribution < -0.4 is 4.74 Å². The standard InChI is InChI=1S/C24H26FN3O3/c1-16-12-20(9-10-21(16)27-13-17(2)26-15-27)31-23-4-3-11-28(24(23)30)22(14-29)18-5-7-19(25)8-6-18/h5-10,12-13,15,22-23,29H,3-4,11,14H2,1-2H3. The SMILES string of the molecule is Cc1cn(-c2ccc(OC3CCCN(C(CO)c4ccc(F)cc4)C3=O)cc2C)cn1. The summed E-state index contributed by atoms with van der Waals surface area (Å²) in [4.78, 5) is 19.0. The maximum atomic E-state index is 13.3. The van der Waals surface area contributed by atoms with E-state index in [1.54, 1.807) is 23.4 Å². The lowest BCUT2D eigenvalue weighted by atomic mass is 10.00. The number of aryl methyl sites for hydroxylation is 2. The van der Waals surface area contributed by atoms with Gasteiger partial charge in [0.25, 0.3) is 5.91 Å². The summed E-state index contributed by atoms with van der Waals surface area (Å²) in [6.07, 6.45) is 4.47. The van der Waals surface area contributed by atoms with Crippen molar-refractivity contribution in [3.63, 3.8) is 0 Å². The normalized spacial score (nSPS) is 17.6. The second-order valence-corrected chi connectivity index (χ2v) is 7.90. The van der Waals surface area contributed by atoms with Gasteiger partial charge >= 0.3 is 0 Å². The summed E-state index contributed by atoms with van der Waals surface area (Å²) in [6, 6.07) is 11.1. The lowest BCUT2D eigenvalue weighted by molar-refractivity contribution is -0.146. The largest absolute Gasteiger partial charge is 0.481 e. The first-order valence-corrected chi connectivity index (χ1v) is 10.4. The summed E-state index contributed by atoms with van der Waals surface area (Å²) in [6.45, 7) is 4.22. The summed E-state index contributed by atoms with van der Waals surface area (Å²) in [5, 5.41) is 9.94. The molecule has 4 rings (SSSR count). The van der Waals surface area contributed by atoms with Crippen LogP contribution in [-0.2, 0) is 4.79 Å². The maximum absolute atomic E-state index is 13.3. The van der Waals surface area contributed by atoms with Crippen LogP contribution in [0.4, 0.5) is 4.39 Å². The van der Waals surface area contributed by atoms with Crippen LogP contribution in [0.5, 0.6) is 5.75 Å². The highest BCUT2D eigenvalue weighted by Crippen LogP contribution is 2.29. The number of nitrogens with zero attached hydrogens (tertiary/aromatic N) is 3. The molecule has 1 saturated heterocycles. The van der Waals surface area contributed by atoms with Gasteiger partial charge in [-0.05, 0) is 68.1 Å². The Morgan fingerprint density at radius 3 is 2.65 bits per heavy atom. The lowest BCUT2D eigenvalue weighted by Crippen LogP contribution is -2.49. The Hall–Kier alpha value is -3.19. The van der Waals surface area contributed by atoms with Crippen molar-refractivity contribution in [1.82, 2.24) is 14.5 Å². The summed E-state index contributed by atoms with van der Waals surface area (Å²) in [7, 11) is 0. The van der Waals surface area contributed by atoms with Crippen molar-refractivity contribution in [3.8, 4) is 11.4 Å². The van der Waals surface area contributed by atoms with Crippen LogP contribution in [0.25, 0.3) is 5.69 Å². The van der Waals surface area contributed by atoms with Gasteiger partial charge in [0.05, 0.1) is 24.7 Å². The minimum Gasteiger partial charge on any atom is -0.481 e. The van der Waals surface area contributed by atoms with E-state index in [0.717, 1.165) is 23.4 Å². The van der Waals surface area contributed by atoms with E-state index in [-0.39, 0.29) is 18.3 Å². The second kappa shape index (κ2) is 8.89. The summed E-state index contributed by atoms with van der Waals surface area (Å²) >= 11 is 0. The molecular weight excluding hydrogens is 397 g/mol. The first-order chi connectivity index (χ1) is 15.0. The average molecular weight is 423 g/mol. The molecule has 1 fully saturated rings. The van der Waals surface area contributed by atoms with Crippen molar-refractivity contribution in [2.45, 2.75) is 38.8 Å². The number of ether oxygens (including phenoxy) is 1. The minimum absolute atomic E-state index is 0.165. The number of benzene rings is 2. The molecular formula is C24H26FN3O3. The van der Waals surface area contributed by atoms with Gasteiger partial charge < -0.3 is 19.3 Å². The first-order valence-electron chi connectivity index (χ1n) is 10.4. The van der Waals surface area contributed by atoms with Gasteiger partial charge in [0.15, 0.2) is 6.10 Å². The molecule has 2 aromatic carbocycles. The molecule has 1 aliphatic heterocycles. The van der Waals surface area contributed by atoms with E-state index >= 15 is 0 Å². The van der Waals surface area contributed by atoms with Crippen molar-refractivity contribution in [2.24, 2.45) is 0 Å². The van der Waals surface area contributed by atoms with Crippen LogP contribution >= 0.6 is 0 Å². The van der Waals surface area contributed by atoms with E-state index in [9.17, 15) is 14.3 Å². The van der Waals surface area contributed by atoms with Gasteiger partial charge in [-0.3, -0.25) is 4.79 Å². The van der Waals surface area contributed by atoms with E-state index in [1.165, 1.54) is 12.1 Å². The molecule has 1 amide bonds. The summed E-state index contributed by atoms with van der Waals surface area (Å²) in [5.41, 5.74) is 3.65. The van der Waals surface area contributed by atoms with Crippen LogP contribution in [0, 0.1) is 19.7 Å². The van der Waals surface area contributed by atoms with Gasteiger partial charge in [-0.1, -0.05) is 12.1 Å². The number of likely N-dealkylation sites (tertiary alicyclic amines) is 1. The highest BCUT2D eigenvalue weighted by molar-refractivity contribution is 5.82. The van der Waals surface area contributed by atoms with Gasteiger partial charge in [-0.2, -0.15) is 0 Å². The van der Waals surface area contributed by atoms with Gasteiger partial charge in [0.2, 0.25) is 0 Å². The number of rotatable bonds is 6. The number of aliphatic hydroxyl groups excluding tert-OH is 1. The van der Waals surface area contributed by atoms with Crippen molar-refractivity contribution >= 4 is 5.91 Å². The van der Waals surface area contributed by atoms with E-state index in [2.05, 4.69) is 4.98 Å². The Bertz CT molecular complexity index is 1060. The third-order valence-electron chi connectivity index (χ3n) is 5.66. The number of carbonyl (C=O) groups excluding carboxylic acids is 1. The van der Waals surface area contributed by atoms with Crippen LogP contribution in [0.3, 0.4) is 0 Å².